The van der Waals surface area contributed by atoms with E-state index in [-0.39, 0.29) is 11.6 Å². The molecule has 0 atom stereocenters. The number of nitrogens with zero attached hydrogens (tertiary/aromatic N) is 2. The van der Waals surface area contributed by atoms with Gasteiger partial charge in [-0.1, -0.05) is 0 Å². The Morgan fingerprint density at radius 3 is 2.76 bits per heavy atom. The standard InChI is InChI=1S/C13H20N2OS/c1-9(2)15-12-4-5-14(3)7-10(12)6-11(8-17)13(15)16/h6,9,17H,4-5,7-8H2,1-3H3. The third kappa shape index (κ3) is 2.29. The van der Waals surface area contributed by atoms with Crippen molar-refractivity contribution in [1.29, 1.82) is 0 Å². The second-order valence-electron chi connectivity index (χ2n) is 5.06. The average Bonchev–Trinajstić information content (AvgIpc) is 2.28. The van der Waals surface area contributed by atoms with Crippen molar-refractivity contribution >= 4 is 12.6 Å². The third-order valence-corrected chi connectivity index (χ3v) is 3.70. The zero-order valence-electron chi connectivity index (χ0n) is 10.7. The number of fused-ring (bicyclic) bond motifs is 1. The summed E-state index contributed by atoms with van der Waals surface area (Å²) in [7, 11) is 2.12. The molecule has 1 aromatic heterocycles. The van der Waals surface area contributed by atoms with E-state index in [0.29, 0.717) is 5.75 Å². The summed E-state index contributed by atoms with van der Waals surface area (Å²) in [6.07, 6.45) is 0.964. The van der Waals surface area contributed by atoms with Crippen molar-refractivity contribution in [2.24, 2.45) is 0 Å². The molecule has 0 aromatic carbocycles. The van der Waals surface area contributed by atoms with E-state index in [1.54, 1.807) is 0 Å². The van der Waals surface area contributed by atoms with Gasteiger partial charge in [0.25, 0.3) is 5.56 Å². The molecule has 0 amide bonds. The van der Waals surface area contributed by atoms with Gasteiger partial charge in [-0.05, 0) is 32.5 Å². The second kappa shape index (κ2) is 4.86. The van der Waals surface area contributed by atoms with Crippen LogP contribution in [0.25, 0.3) is 0 Å². The van der Waals surface area contributed by atoms with Crippen LogP contribution in [0.15, 0.2) is 10.9 Å². The molecule has 0 saturated heterocycles. The largest absolute Gasteiger partial charge is 0.310 e. The first-order valence-electron chi connectivity index (χ1n) is 6.10. The van der Waals surface area contributed by atoms with Crippen molar-refractivity contribution in [3.63, 3.8) is 0 Å². The molecule has 0 bridgehead atoms. The van der Waals surface area contributed by atoms with Gasteiger partial charge < -0.3 is 9.47 Å². The number of pyridine rings is 1. The highest BCUT2D eigenvalue weighted by Crippen LogP contribution is 2.20. The maximum absolute atomic E-state index is 12.3. The monoisotopic (exact) mass is 252 g/mol. The van der Waals surface area contributed by atoms with Crippen LogP contribution in [0.4, 0.5) is 0 Å². The van der Waals surface area contributed by atoms with Gasteiger partial charge in [-0.25, -0.2) is 0 Å². The van der Waals surface area contributed by atoms with Gasteiger partial charge in [0.05, 0.1) is 0 Å². The van der Waals surface area contributed by atoms with E-state index in [1.807, 2.05) is 10.6 Å². The Morgan fingerprint density at radius 1 is 1.47 bits per heavy atom. The van der Waals surface area contributed by atoms with Gasteiger partial charge in [-0.15, -0.1) is 0 Å². The maximum Gasteiger partial charge on any atom is 0.255 e. The van der Waals surface area contributed by atoms with E-state index < -0.39 is 0 Å². The molecule has 0 radical (unpaired) electrons. The fraction of sp³-hybridized carbons (Fsp3) is 0.615. The topological polar surface area (TPSA) is 25.2 Å². The normalized spacial score (nSPS) is 16.3. The molecule has 94 valence electrons. The summed E-state index contributed by atoms with van der Waals surface area (Å²) in [6, 6.07) is 2.26. The Balaban J connectivity index is 2.64. The second-order valence-corrected chi connectivity index (χ2v) is 5.37. The number of hydrogen-bond donors (Lipinski definition) is 1. The number of thiol groups is 1. The minimum Gasteiger partial charge on any atom is -0.310 e. The van der Waals surface area contributed by atoms with Gasteiger partial charge in [0, 0.05) is 42.6 Å². The predicted molar refractivity (Wildman–Crippen MR) is 73.8 cm³/mol. The molecule has 0 unspecified atom stereocenters. The van der Waals surface area contributed by atoms with Crippen LogP contribution >= 0.6 is 12.6 Å². The Morgan fingerprint density at radius 2 is 2.18 bits per heavy atom. The number of hydrogen-bond acceptors (Lipinski definition) is 3. The van der Waals surface area contributed by atoms with E-state index in [9.17, 15) is 4.79 Å². The molecule has 2 rings (SSSR count). The van der Waals surface area contributed by atoms with Crippen LogP contribution in [-0.2, 0) is 18.7 Å². The molecule has 17 heavy (non-hydrogen) atoms. The first kappa shape index (κ1) is 12.7. The molecular formula is C13H20N2OS. The van der Waals surface area contributed by atoms with Crippen molar-refractivity contribution in [1.82, 2.24) is 9.47 Å². The fourth-order valence-corrected chi connectivity index (χ4v) is 2.76. The molecule has 2 heterocycles. The smallest absolute Gasteiger partial charge is 0.255 e. The molecule has 0 aliphatic carbocycles. The van der Waals surface area contributed by atoms with Crippen molar-refractivity contribution in [3.05, 3.63) is 33.2 Å². The first-order chi connectivity index (χ1) is 8.04. The molecular weight excluding hydrogens is 232 g/mol. The molecule has 1 aromatic rings. The van der Waals surface area contributed by atoms with Crippen LogP contribution in [0.5, 0.6) is 0 Å². The Labute approximate surface area is 108 Å². The van der Waals surface area contributed by atoms with Gasteiger partial charge in [-0.2, -0.15) is 12.6 Å². The zero-order valence-corrected chi connectivity index (χ0v) is 11.6. The average molecular weight is 252 g/mol. The van der Waals surface area contributed by atoms with Crippen LogP contribution in [0.3, 0.4) is 0 Å². The zero-order chi connectivity index (χ0) is 12.6. The number of rotatable bonds is 2. The van der Waals surface area contributed by atoms with Crippen molar-refractivity contribution in [2.75, 3.05) is 13.6 Å². The van der Waals surface area contributed by atoms with Gasteiger partial charge in [0.1, 0.15) is 0 Å². The van der Waals surface area contributed by atoms with Crippen LogP contribution in [0, 0.1) is 0 Å². The van der Waals surface area contributed by atoms with Crippen molar-refractivity contribution < 1.29 is 0 Å². The third-order valence-electron chi connectivity index (χ3n) is 3.36. The number of aromatic nitrogens is 1. The van der Waals surface area contributed by atoms with Gasteiger partial charge in [0.2, 0.25) is 0 Å². The fourth-order valence-electron chi connectivity index (χ4n) is 2.53. The quantitative estimate of drug-likeness (QED) is 0.813. The van der Waals surface area contributed by atoms with Crippen molar-refractivity contribution in [3.8, 4) is 0 Å². The van der Waals surface area contributed by atoms with Crippen molar-refractivity contribution in [2.45, 2.75) is 38.6 Å². The van der Waals surface area contributed by atoms with Gasteiger partial charge in [-0.3, -0.25) is 4.79 Å². The Kier molecular flexibility index (Phi) is 3.64. The SMILES string of the molecule is CC(C)n1c2c(cc(CS)c1=O)CN(C)CC2. The first-order valence-corrected chi connectivity index (χ1v) is 6.73. The van der Waals surface area contributed by atoms with Crippen LogP contribution < -0.4 is 5.56 Å². The molecule has 4 heteroatoms. The molecule has 1 aliphatic rings. The highest BCUT2D eigenvalue weighted by atomic mass is 32.1. The lowest BCUT2D eigenvalue weighted by atomic mass is 10.0. The van der Waals surface area contributed by atoms with E-state index >= 15 is 0 Å². The summed E-state index contributed by atoms with van der Waals surface area (Å²) < 4.78 is 1.95. The Hall–Kier alpha value is -0.740. The lowest BCUT2D eigenvalue weighted by Crippen LogP contribution is -2.35. The Bertz CT molecular complexity index is 479. The molecule has 0 N–H and O–H groups in total. The van der Waals surface area contributed by atoms with E-state index in [1.165, 1.54) is 11.3 Å². The highest BCUT2D eigenvalue weighted by molar-refractivity contribution is 7.79. The van der Waals surface area contributed by atoms with Gasteiger partial charge >= 0.3 is 0 Å². The summed E-state index contributed by atoms with van der Waals surface area (Å²) in [5.74, 6) is 0.516. The molecule has 3 nitrogen and oxygen atoms in total. The van der Waals surface area contributed by atoms with E-state index in [0.717, 1.165) is 25.1 Å². The molecule has 0 fully saturated rings. The minimum absolute atomic E-state index is 0.137. The highest BCUT2D eigenvalue weighted by Gasteiger charge is 2.20. The number of likely N-dealkylation sites (N-methyl/N-ethyl adjacent to an activating group) is 1. The summed E-state index contributed by atoms with van der Waals surface area (Å²) in [6.45, 7) is 6.10. The lowest BCUT2D eigenvalue weighted by Gasteiger charge is -2.29. The molecule has 0 saturated carbocycles. The summed E-state index contributed by atoms with van der Waals surface area (Å²) in [5.41, 5.74) is 3.46. The molecule has 0 spiro atoms. The van der Waals surface area contributed by atoms with Crippen LogP contribution in [-0.4, -0.2) is 23.1 Å². The minimum atomic E-state index is 0.137. The predicted octanol–water partition coefficient (Wildman–Crippen LogP) is 1.85. The van der Waals surface area contributed by atoms with Crippen LogP contribution in [0.1, 0.15) is 36.7 Å². The van der Waals surface area contributed by atoms with Crippen LogP contribution in [0.2, 0.25) is 0 Å². The van der Waals surface area contributed by atoms with E-state index in [4.69, 9.17) is 0 Å². The maximum atomic E-state index is 12.3. The van der Waals surface area contributed by atoms with Gasteiger partial charge in [0.15, 0.2) is 0 Å². The van der Waals surface area contributed by atoms with E-state index in [2.05, 4.69) is 38.4 Å². The molecule has 1 aliphatic heterocycles. The summed E-state index contributed by atoms with van der Waals surface area (Å²) >= 11 is 4.26. The summed E-state index contributed by atoms with van der Waals surface area (Å²) in [5, 5.41) is 0. The summed E-state index contributed by atoms with van der Waals surface area (Å²) in [4.78, 5) is 14.6. The lowest BCUT2D eigenvalue weighted by molar-refractivity contribution is 0.301.